The highest BCUT2D eigenvalue weighted by atomic mass is 32.2. The third-order valence-electron chi connectivity index (χ3n) is 4.79. The summed E-state index contributed by atoms with van der Waals surface area (Å²) in [5.41, 5.74) is 16.3. The molecule has 0 aromatic rings. The van der Waals surface area contributed by atoms with Gasteiger partial charge >= 0.3 is 11.9 Å². The Bertz CT molecular complexity index is 775. The molecule has 0 aromatic heterocycles. The van der Waals surface area contributed by atoms with Crippen molar-refractivity contribution in [2.24, 2.45) is 28.1 Å². The molecule has 0 bridgehead atoms. The van der Waals surface area contributed by atoms with Crippen molar-refractivity contribution in [3.8, 4) is 0 Å². The van der Waals surface area contributed by atoms with Gasteiger partial charge in [-0.3, -0.25) is 24.2 Å². The van der Waals surface area contributed by atoms with E-state index in [9.17, 15) is 34.2 Å². The van der Waals surface area contributed by atoms with Crippen molar-refractivity contribution in [3.05, 3.63) is 0 Å². The molecule has 15 heteroatoms. The van der Waals surface area contributed by atoms with E-state index in [4.69, 9.17) is 17.2 Å². The molecule has 14 nitrogen and oxygen atoms in total. The summed E-state index contributed by atoms with van der Waals surface area (Å²) in [6, 6.07) is -4.88. The van der Waals surface area contributed by atoms with E-state index in [1.807, 2.05) is 0 Å². The lowest BCUT2D eigenvalue weighted by Gasteiger charge is -2.25. The van der Waals surface area contributed by atoms with Gasteiger partial charge in [0.05, 0.1) is 12.5 Å². The molecule has 0 saturated carbocycles. The molecule has 0 aliphatic carbocycles. The van der Waals surface area contributed by atoms with E-state index in [0.29, 0.717) is 12.2 Å². The largest absolute Gasteiger partial charge is 0.481 e. The number of hydrogen-bond donors (Lipinski definition) is 8. The summed E-state index contributed by atoms with van der Waals surface area (Å²) in [4.78, 5) is 64.4. The number of thioether (sulfide) groups is 1. The predicted molar refractivity (Wildman–Crippen MR) is 131 cm³/mol. The van der Waals surface area contributed by atoms with E-state index in [1.54, 1.807) is 20.1 Å². The molecule has 200 valence electrons. The average molecular weight is 520 g/mol. The number of nitrogens with zero attached hydrogens (tertiary/aromatic N) is 1. The minimum Gasteiger partial charge on any atom is -0.481 e. The minimum atomic E-state index is -1.51. The number of guanidine groups is 1. The van der Waals surface area contributed by atoms with Gasteiger partial charge in [-0.15, -0.1) is 0 Å². The number of aliphatic imine (C=N–C) groups is 1. The van der Waals surface area contributed by atoms with Crippen LogP contribution in [0, 0.1) is 5.92 Å². The zero-order valence-corrected chi connectivity index (χ0v) is 21.0. The summed E-state index contributed by atoms with van der Waals surface area (Å²) < 4.78 is 0. The minimum absolute atomic E-state index is 0.107. The topological polar surface area (TPSA) is 252 Å². The summed E-state index contributed by atoms with van der Waals surface area (Å²) in [7, 11) is 0. The van der Waals surface area contributed by atoms with Crippen LogP contribution >= 0.6 is 11.8 Å². The number of hydrogen-bond acceptors (Lipinski definition) is 8. The van der Waals surface area contributed by atoms with E-state index >= 15 is 0 Å². The molecule has 0 spiro atoms. The predicted octanol–water partition coefficient (Wildman–Crippen LogP) is -2.21. The van der Waals surface area contributed by atoms with Crippen LogP contribution in [0.1, 0.15) is 39.5 Å². The lowest BCUT2D eigenvalue weighted by molar-refractivity contribution is -0.144. The number of carbonyl (C=O) groups excluding carboxylic acids is 3. The molecule has 0 aromatic carbocycles. The Kier molecular flexibility index (Phi) is 15.1. The van der Waals surface area contributed by atoms with Crippen LogP contribution in [0.4, 0.5) is 0 Å². The van der Waals surface area contributed by atoms with Gasteiger partial charge < -0.3 is 43.4 Å². The molecular formula is C20H37N7O7S. The fourth-order valence-corrected chi connectivity index (χ4v) is 3.33. The number of carbonyl (C=O) groups is 5. The van der Waals surface area contributed by atoms with Crippen LogP contribution in [0.25, 0.3) is 0 Å². The highest BCUT2D eigenvalue weighted by Gasteiger charge is 2.32. The standard InChI is InChI=1S/C20H37N7O7S/c1-10(2)15(19(33)34)27-17(31)12(6-8-35-3)25-18(32)13(9-14(28)29)26-16(30)11(21)5-4-7-24-20(22)23/h10-13,15H,4-9,21H2,1-3H3,(H,25,32)(H,26,30)(H,27,31)(H,28,29)(H,33,34)(H4,22,23,24). The van der Waals surface area contributed by atoms with E-state index in [0.717, 1.165) is 0 Å². The van der Waals surface area contributed by atoms with Crippen LogP contribution in [0.15, 0.2) is 4.99 Å². The first kappa shape index (κ1) is 31.9. The normalized spacial score (nSPS) is 14.2. The molecule has 0 aliphatic heterocycles. The molecule has 35 heavy (non-hydrogen) atoms. The molecule has 0 heterocycles. The number of carboxylic acids is 2. The Morgan fingerprint density at radius 2 is 1.49 bits per heavy atom. The molecule has 0 aliphatic rings. The zero-order chi connectivity index (χ0) is 27.1. The second kappa shape index (κ2) is 16.5. The van der Waals surface area contributed by atoms with Crippen LogP contribution in [0.2, 0.25) is 0 Å². The molecule has 0 fully saturated rings. The second-order valence-corrected chi connectivity index (χ2v) is 9.11. The molecule has 0 saturated heterocycles. The van der Waals surface area contributed by atoms with Crippen molar-refractivity contribution in [2.75, 3.05) is 18.6 Å². The smallest absolute Gasteiger partial charge is 0.326 e. The van der Waals surface area contributed by atoms with Crippen molar-refractivity contribution in [1.29, 1.82) is 0 Å². The summed E-state index contributed by atoms with van der Waals surface area (Å²) in [6.07, 6.45) is 1.74. The van der Waals surface area contributed by atoms with Gasteiger partial charge in [-0.1, -0.05) is 13.8 Å². The Balaban J connectivity index is 5.37. The molecule has 4 atom stereocenters. The number of aliphatic carboxylic acids is 2. The maximum absolute atomic E-state index is 12.8. The van der Waals surface area contributed by atoms with Gasteiger partial charge in [0.1, 0.15) is 18.1 Å². The van der Waals surface area contributed by atoms with Gasteiger partial charge in [0.15, 0.2) is 5.96 Å². The molecule has 0 radical (unpaired) electrons. The summed E-state index contributed by atoms with van der Waals surface area (Å²) in [5.74, 6) is -5.06. The molecular weight excluding hydrogens is 482 g/mol. The van der Waals surface area contributed by atoms with Gasteiger partial charge in [-0.2, -0.15) is 11.8 Å². The van der Waals surface area contributed by atoms with Gasteiger partial charge in [0.25, 0.3) is 0 Å². The number of nitrogens with two attached hydrogens (primary N) is 3. The van der Waals surface area contributed by atoms with Crippen LogP contribution in [-0.4, -0.2) is 88.6 Å². The first-order chi connectivity index (χ1) is 16.3. The van der Waals surface area contributed by atoms with E-state index in [1.165, 1.54) is 11.8 Å². The summed E-state index contributed by atoms with van der Waals surface area (Å²) in [6.45, 7) is 3.48. The van der Waals surface area contributed by atoms with Crippen LogP contribution < -0.4 is 33.2 Å². The van der Waals surface area contributed by atoms with Gasteiger partial charge in [-0.05, 0) is 37.2 Å². The Morgan fingerprint density at radius 1 is 0.914 bits per heavy atom. The lowest BCUT2D eigenvalue weighted by atomic mass is 10.0. The van der Waals surface area contributed by atoms with E-state index in [2.05, 4.69) is 20.9 Å². The van der Waals surface area contributed by atoms with Crippen molar-refractivity contribution < 1.29 is 34.2 Å². The van der Waals surface area contributed by atoms with Crippen LogP contribution in [0.5, 0.6) is 0 Å². The quantitative estimate of drug-likeness (QED) is 0.0580. The van der Waals surface area contributed by atoms with Gasteiger partial charge in [0, 0.05) is 6.54 Å². The molecule has 3 amide bonds. The number of amides is 3. The van der Waals surface area contributed by atoms with E-state index in [-0.39, 0.29) is 25.3 Å². The average Bonchev–Trinajstić information content (AvgIpc) is 2.75. The highest BCUT2D eigenvalue weighted by Crippen LogP contribution is 2.07. The number of nitrogens with one attached hydrogen (secondary N) is 3. The molecule has 11 N–H and O–H groups in total. The van der Waals surface area contributed by atoms with Crippen molar-refractivity contribution in [1.82, 2.24) is 16.0 Å². The van der Waals surface area contributed by atoms with Gasteiger partial charge in [0.2, 0.25) is 17.7 Å². The fourth-order valence-electron chi connectivity index (χ4n) is 2.86. The number of carboxylic acid groups (broad SMARTS) is 2. The maximum Gasteiger partial charge on any atom is 0.326 e. The van der Waals surface area contributed by atoms with Gasteiger partial charge in [-0.25, -0.2) is 4.79 Å². The summed E-state index contributed by atoms with van der Waals surface area (Å²) >= 11 is 1.40. The van der Waals surface area contributed by atoms with Crippen molar-refractivity contribution >= 4 is 47.4 Å². The third-order valence-corrected chi connectivity index (χ3v) is 5.43. The second-order valence-electron chi connectivity index (χ2n) is 8.13. The molecule has 4 unspecified atom stereocenters. The zero-order valence-electron chi connectivity index (χ0n) is 20.2. The van der Waals surface area contributed by atoms with Crippen molar-refractivity contribution in [2.45, 2.75) is 63.7 Å². The van der Waals surface area contributed by atoms with Crippen molar-refractivity contribution in [3.63, 3.8) is 0 Å². The number of rotatable bonds is 17. The monoisotopic (exact) mass is 519 g/mol. The lowest BCUT2D eigenvalue weighted by Crippen LogP contribution is -2.58. The Morgan fingerprint density at radius 3 is 1.97 bits per heavy atom. The first-order valence-electron chi connectivity index (χ1n) is 11.0. The Labute approximate surface area is 208 Å². The van der Waals surface area contributed by atoms with Crippen LogP contribution in [-0.2, 0) is 24.0 Å². The third kappa shape index (κ3) is 13.4. The van der Waals surface area contributed by atoms with Crippen LogP contribution in [0.3, 0.4) is 0 Å². The van der Waals surface area contributed by atoms with E-state index < -0.39 is 66.2 Å². The Hall–Kier alpha value is -3.07. The summed E-state index contributed by atoms with van der Waals surface area (Å²) in [5, 5.41) is 25.6. The molecule has 0 rings (SSSR count). The highest BCUT2D eigenvalue weighted by molar-refractivity contribution is 7.98. The first-order valence-corrected chi connectivity index (χ1v) is 12.3. The fraction of sp³-hybridized carbons (Fsp3) is 0.700. The SMILES string of the molecule is CSCCC(NC(=O)C(CC(=O)O)NC(=O)C(N)CCCN=C(N)N)C(=O)NC(C(=O)O)C(C)C. The maximum atomic E-state index is 12.8.